The molecule has 0 spiro atoms. The molecule has 2 aromatic carbocycles. The fourth-order valence-corrected chi connectivity index (χ4v) is 2.46. The number of nitrogens with one attached hydrogen (secondary N) is 1. The van der Waals surface area contributed by atoms with Gasteiger partial charge in [-0.25, -0.2) is 4.39 Å². The highest BCUT2D eigenvalue weighted by Crippen LogP contribution is 2.21. The van der Waals surface area contributed by atoms with E-state index in [0.29, 0.717) is 17.0 Å². The Hall–Kier alpha value is -2.95. The molecule has 24 heavy (non-hydrogen) atoms. The number of hydrogen-bond donors (Lipinski definition) is 1. The minimum absolute atomic E-state index is 0.109. The van der Waals surface area contributed by atoms with Gasteiger partial charge in [-0.05, 0) is 49.7 Å². The standard InChI is InChI=1S/C19H17FN2O2/c1-12-3-8-17(13(2)9-12)21-19(23)11-16-10-18(24-22-16)14-4-6-15(20)7-5-14/h3-10H,11H2,1-2H3,(H,21,23). The number of rotatable bonds is 4. The van der Waals surface area contributed by atoms with Gasteiger partial charge in [-0.2, -0.15) is 0 Å². The summed E-state index contributed by atoms with van der Waals surface area (Å²) in [6.07, 6.45) is 0.109. The molecule has 3 aromatic rings. The molecule has 122 valence electrons. The Bertz CT molecular complexity index is 869. The van der Waals surface area contributed by atoms with Crippen LogP contribution >= 0.6 is 0 Å². The SMILES string of the molecule is Cc1ccc(NC(=O)Cc2cc(-c3ccc(F)cc3)on2)c(C)c1. The lowest BCUT2D eigenvalue weighted by Gasteiger charge is -2.08. The zero-order valence-corrected chi connectivity index (χ0v) is 13.5. The summed E-state index contributed by atoms with van der Waals surface area (Å²) in [6.45, 7) is 3.95. The number of aryl methyl sites for hydroxylation is 2. The molecule has 1 heterocycles. The monoisotopic (exact) mass is 324 g/mol. The number of hydrogen-bond acceptors (Lipinski definition) is 3. The van der Waals surface area contributed by atoms with Crippen LogP contribution in [0.4, 0.5) is 10.1 Å². The van der Waals surface area contributed by atoms with Crippen molar-refractivity contribution in [2.75, 3.05) is 5.32 Å². The molecule has 0 radical (unpaired) electrons. The van der Waals surface area contributed by atoms with Crippen LogP contribution in [0.15, 0.2) is 53.1 Å². The van der Waals surface area contributed by atoms with Crippen molar-refractivity contribution in [3.8, 4) is 11.3 Å². The number of aromatic nitrogens is 1. The Kier molecular flexibility index (Phi) is 4.42. The van der Waals surface area contributed by atoms with E-state index in [1.165, 1.54) is 12.1 Å². The van der Waals surface area contributed by atoms with Crippen LogP contribution in [0.25, 0.3) is 11.3 Å². The summed E-state index contributed by atoms with van der Waals surface area (Å²) in [5.74, 6) is 0.0246. The van der Waals surface area contributed by atoms with Gasteiger partial charge in [0.15, 0.2) is 5.76 Å². The van der Waals surface area contributed by atoms with Crippen molar-refractivity contribution < 1.29 is 13.7 Å². The lowest BCUT2D eigenvalue weighted by molar-refractivity contribution is -0.115. The molecule has 1 aromatic heterocycles. The normalized spacial score (nSPS) is 10.6. The van der Waals surface area contributed by atoms with E-state index in [1.807, 2.05) is 32.0 Å². The van der Waals surface area contributed by atoms with Gasteiger partial charge in [-0.15, -0.1) is 0 Å². The summed E-state index contributed by atoms with van der Waals surface area (Å²) in [5.41, 5.74) is 4.18. The first kappa shape index (κ1) is 15.9. The van der Waals surface area contributed by atoms with Crippen LogP contribution in [-0.2, 0) is 11.2 Å². The third-order valence-electron chi connectivity index (χ3n) is 3.69. The van der Waals surface area contributed by atoms with Crippen molar-refractivity contribution >= 4 is 11.6 Å². The molecule has 0 aliphatic carbocycles. The fraction of sp³-hybridized carbons (Fsp3) is 0.158. The van der Waals surface area contributed by atoms with Gasteiger partial charge in [0.05, 0.1) is 12.1 Å². The minimum Gasteiger partial charge on any atom is -0.356 e. The molecular formula is C19H17FN2O2. The topological polar surface area (TPSA) is 55.1 Å². The quantitative estimate of drug-likeness (QED) is 0.779. The molecule has 4 nitrogen and oxygen atoms in total. The molecule has 0 unspecified atom stereocenters. The van der Waals surface area contributed by atoms with Crippen molar-refractivity contribution in [2.45, 2.75) is 20.3 Å². The third-order valence-corrected chi connectivity index (χ3v) is 3.69. The summed E-state index contributed by atoms with van der Waals surface area (Å²) in [5, 5.41) is 6.78. The van der Waals surface area contributed by atoms with Crippen LogP contribution in [0.3, 0.4) is 0 Å². The Balaban J connectivity index is 1.68. The molecule has 0 bridgehead atoms. The molecule has 1 amide bonds. The average molecular weight is 324 g/mol. The van der Waals surface area contributed by atoms with E-state index < -0.39 is 0 Å². The molecule has 0 saturated carbocycles. The number of carbonyl (C=O) groups excluding carboxylic acids is 1. The smallest absolute Gasteiger partial charge is 0.230 e. The van der Waals surface area contributed by atoms with Crippen LogP contribution in [0.5, 0.6) is 0 Å². The first-order valence-corrected chi connectivity index (χ1v) is 7.60. The van der Waals surface area contributed by atoms with Crippen molar-refractivity contribution in [1.29, 1.82) is 0 Å². The highest BCUT2D eigenvalue weighted by molar-refractivity contribution is 5.92. The second-order valence-electron chi connectivity index (χ2n) is 5.73. The van der Waals surface area contributed by atoms with E-state index in [0.717, 1.165) is 16.8 Å². The molecule has 1 N–H and O–H groups in total. The molecule has 0 saturated heterocycles. The largest absolute Gasteiger partial charge is 0.356 e. The summed E-state index contributed by atoms with van der Waals surface area (Å²) in [6, 6.07) is 13.5. The highest BCUT2D eigenvalue weighted by atomic mass is 19.1. The summed E-state index contributed by atoms with van der Waals surface area (Å²) >= 11 is 0. The number of halogens is 1. The Labute approximate surface area is 139 Å². The van der Waals surface area contributed by atoms with E-state index in [-0.39, 0.29) is 18.1 Å². The van der Waals surface area contributed by atoms with Crippen LogP contribution in [0.1, 0.15) is 16.8 Å². The van der Waals surface area contributed by atoms with Gasteiger partial charge in [-0.1, -0.05) is 22.9 Å². The average Bonchev–Trinajstić information content (AvgIpc) is 2.99. The maximum atomic E-state index is 12.9. The number of amides is 1. The first-order chi connectivity index (χ1) is 11.5. The molecule has 0 aliphatic heterocycles. The number of benzene rings is 2. The van der Waals surface area contributed by atoms with Crippen LogP contribution in [0, 0.1) is 19.7 Å². The molecule has 0 fully saturated rings. The second kappa shape index (κ2) is 6.66. The highest BCUT2D eigenvalue weighted by Gasteiger charge is 2.12. The molecule has 0 atom stereocenters. The Morgan fingerprint density at radius 1 is 1.12 bits per heavy atom. The predicted octanol–water partition coefficient (Wildman–Crippen LogP) is 4.28. The van der Waals surface area contributed by atoms with Crippen LogP contribution in [-0.4, -0.2) is 11.1 Å². The Morgan fingerprint density at radius 2 is 1.88 bits per heavy atom. The summed E-state index contributed by atoms with van der Waals surface area (Å²) in [4.78, 5) is 12.2. The van der Waals surface area contributed by atoms with Gasteiger partial charge >= 0.3 is 0 Å². The lowest BCUT2D eigenvalue weighted by atomic mass is 10.1. The summed E-state index contributed by atoms with van der Waals surface area (Å²) < 4.78 is 18.2. The summed E-state index contributed by atoms with van der Waals surface area (Å²) in [7, 11) is 0. The van der Waals surface area contributed by atoms with Gasteiger partial charge in [-0.3, -0.25) is 4.79 Å². The van der Waals surface area contributed by atoms with Crippen LogP contribution < -0.4 is 5.32 Å². The molecular weight excluding hydrogens is 307 g/mol. The van der Waals surface area contributed by atoms with Gasteiger partial charge < -0.3 is 9.84 Å². The molecule has 3 rings (SSSR count). The number of nitrogens with zero attached hydrogens (tertiary/aromatic N) is 1. The van der Waals surface area contributed by atoms with Gasteiger partial charge in [0.2, 0.25) is 5.91 Å². The first-order valence-electron chi connectivity index (χ1n) is 7.60. The van der Waals surface area contributed by atoms with Crippen molar-refractivity contribution in [2.24, 2.45) is 0 Å². The molecule has 0 aliphatic rings. The predicted molar refractivity (Wildman–Crippen MR) is 90.1 cm³/mol. The van der Waals surface area contributed by atoms with E-state index in [4.69, 9.17) is 4.52 Å². The zero-order valence-electron chi connectivity index (χ0n) is 13.5. The number of carbonyl (C=O) groups is 1. The maximum Gasteiger partial charge on any atom is 0.230 e. The third kappa shape index (κ3) is 3.68. The van der Waals surface area contributed by atoms with E-state index >= 15 is 0 Å². The second-order valence-corrected chi connectivity index (χ2v) is 5.73. The zero-order chi connectivity index (χ0) is 17.1. The Morgan fingerprint density at radius 3 is 2.58 bits per heavy atom. The van der Waals surface area contributed by atoms with E-state index in [9.17, 15) is 9.18 Å². The maximum absolute atomic E-state index is 12.9. The van der Waals surface area contributed by atoms with Crippen molar-refractivity contribution in [3.63, 3.8) is 0 Å². The van der Waals surface area contributed by atoms with Crippen molar-refractivity contribution in [1.82, 2.24) is 5.16 Å². The van der Waals surface area contributed by atoms with E-state index in [2.05, 4.69) is 10.5 Å². The minimum atomic E-state index is -0.314. The van der Waals surface area contributed by atoms with Crippen molar-refractivity contribution in [3.05, 3.63) is 71.2 Å². The molecule has 5 heteroatoms. The lowest BCUT2D eigenvalue weighted by Crippen LogP contribution is -2.15. The van der Waals surface area contributed by atoms with Gasteiger partial charge in [0.1, 0.15) is 5.82 Å². The van der Waals surface area contributed by atoms with Gasteiger partial charge in [0.25, 0.3) is 0 Å². The van der Waals surface area contributed by atoms with E-state index in [1.54, 1.807) is 18.2 Å². The number of anilines is 1. The fourth-order valence-electron chi connectivity index (χ4n) is 2.46. The van der Waals surface area contributed by atoms with Gasteiger partial charge in [0, 0.05) is 17.3 Å². The van der Waals surface area contributed by atoms with Crippen LogP contribution in [0.2, 0.25) is 0 Å².